The number of carbonyl (C=O) groups excluding carboxylic acids is 1. The highest BCUT2D eigenvalue weighted by Crippen LogP contribution is 2.36. The number of hydrogen-bond donors (Lipinski definition) is 1. The number of rotatable bonds is 5. The van der Waals surface area contributed by atoms with E-state index >= 15 is 4.39 Å². The molecule has 9 nitrogen and oxygen atoms in total. The summed E-state index contributed by atoms with van der Waals surface area (Å²) >= 11 is 0. The van der Waals surface area contributed by atoms with E-state index in [1.165, 1.54) is 35.5 Å². The molecule has 2 aromatic carbocycles. The van der Waals surface area contributed by atoms with E-state index < -0.39 is 23.6 Å². The Morgan fingerprint density at radius 1 is 1.07 bits per heavy atom. The van der Waals surface area contributed by atoms with Gasteiger partial charge in [0.15, 0.2) is 5.82 Å². The van der Waals surface area contributed by atoms with Crippen LogP contribution in [0, 0.1) is 11.6 Å². The number of benzene rings is 2. The topological polar surface area (TPSA) is 108 Å². The third kappa shape index (κ3) is 4.90. The molecule has 2 saturated heterocycles. The highest BCUT2D eigenvalue weighted by Gasteiger charge is 2.29. The van der Waals surface area contributed by atoms with Crippen LogP contribution in [0.2, 0.25) is 0 Å². The summed E-state index contributed by atoms with van der Waals surface area (Å²) < 4.78 is 35.5. The van der Waals surface area contributed by atoms with Crippen molar-refractivity contribution in [2.24, 2.45) is 0 Å². The van der Waals surface area contributed by atoms with Crippen LogP contribution < -0.4 is 4.90 Å². The molecular formula is C29H30F2N6O3. The summed E-state index contributed by atoms with van der Waals surface area (Å²) in [5.74, 6) is 0.620. The monoisotopic (exact) mass is 548 g/mol. The van der Waals surface area contributed by atoms with Gasteiger partial charge in [0.25, 0.3) is 5.91 Å². The molecule has 1 atom stereocenters. The van der Waals surface area contributed by atoms with Crippen molar-refractivity contribution in [3.05, 3.63) is 65.6 Å². The van der Waals surface area contributed by atoms with Crippen LogP contribution in [0.15, 0.2) is 41.2 Å². The number of aliphatic hydroxyl groups excluding tert-OH is 1. The molecule has 1 unspecified atom stereocenters. The van der Waals surface area contributed by atoms with Crippen LogP contribution in [0.4, 0.5) is 14.6 Å². The van der Waals surface area contributed by atoms with Crippen molar-refractivity contribution in [2.45, 2.75) is 51.0 Å². The number of hydrogen-bond acceptors (Lipinski definition) is 8. The molecule has 4 heterocycles. The van der Waals surface area contributed by atoms with Gasteiger partial charge in [0.05, 0.1) is 17.2 Å². The van der Waals surface area contributed by atoms with Crippen molar-refractivity contribution in [3.63, 3.8) is 0 Å². The summed E-state index contributed by atoms with van der Waals surface area (Å²) in [6.07, 6.45) is 2.89. The molecule has 2 aromatic heterocycles. The van der Waals surface area contributed by atoms with Crippen LogP contribution in [0.25, 0.3) is 22.0 Å². The molecule has 0 saturated carbocycles. The molecule has 2 aliphatic rings. The fourth-order valence-corrected chi connectivity index (χ4v) is 5.54. The molecule has 4 aromatic rings. The Hall–Kier alpha value is -3.99. The number of likely N-dealkylation sites (tertiary alicyclic amines) is 1. The molecule has 0 spiro atoms. The van der Waals surface area contributed by atoms with E-state index in [1.807, 2.05) is 13.8 Å². The minimum atomic E-state index is -0.709. The minimum Gasteiger partial charge on any atom is -0.391 e. The fourth-order valence-electron chi connectivity index (χ4n) is 5.54. The number of fused-ring (bicyclic) bond motifs is 1. The number of aliphatic hydroxyl groups is 1. The average Bonchev–Trinajstić information content (AvgIpc) is 3.62. The minimum absolute atomic E-state index is 0.0844. The molecule has 40 heavy (non-hydrogen) atoms. The first kappa shape index (κ1) is 26.2. The third-order valence-electron chi connectivity index (χ3n) is 7.75. The summed E-state index contributed by atoms with van der Waals surface area (Å²) in [5.41, 5.74) is 1.23. The van der Waals surface area contributed by atoms with Crippen molar-refractivity contribution in [3.8, 4) is 11.1 Å². The molecule has 1 amide bonds. The summed E-state index contributed by atoms with van der Waals surface area (Å²) in [5, 5.41) is 14.4. The van der Waals surface area contributed by atoms with Crippen molar-refractivity contribution >= 4 is 22.6 Å². The van der Waals surface area contributed by atoms with E-state index in [9.17, 15) is 14.3 Å². The smallest absolute Gasteiger partial charge is 0.256 e. The highest BCUT2D eigenvalue weighted by atomic mass is 19.1. The summed E-state index contributed by atoms with van der Waals surface area (Å²) in [6.45, 7) is 5.92. The van der Waals surface area contributed by atoms with Crippen molar-refractivity contribution in [1.82, 2.24) is 25.0 Å². The largest absolute Gasteiger partial charge is 0.391 e. The Morgan fingerprint density at radius 2 is 1.88 bits per heavy atom. The van der Waals surface area contributed by atoms with E-state index in [2.05, 4.69) is 25.0 Å². The molecule has 1 N–H and O–H groups in total. The number of halogens is 2. The Bertz CT molecular complexity index is 1570. The second-order valence-corrected chi connectivity index (χ2v) is 10.8. The van der Waals surface area contributed by atoms with Crippen LogP contribution >= 0.6 is 0 Å². The van der Waals surface area contributed by atoms with Crippen molar-refractivity contribution in [2.75, 3.05) is 31.1 Å². The number of anilines is 1. The Labute approximate surface area is 229 Å². The Morgan fingerprint density at radius 3 is 2.55 bits per heavy atom. The van der Waals surface area contributed by atoms with Crippen LogP contribution in [0.5, 0.6) is 0 Å². The quantitative estimate of drug-likeness (QED) is 0.383. The molecular weight excluding hydrogens is 518 g/mol. The number of amides is 1. The van der Waals surface area contributed by atoms with Crippen LogP contribution in [0.1, 0.15) is 67.0 Å². The van der Waals surface area contributed by atoms with Gasteiger partial charge in [0.1, 0.15) is 23.8 Å². The maximum Gasteiger partial charge on any atom is 0.256 e. The van der Waals surface area contributed by atoms with Crippen molar-refractivity contribution < 1.29 is 23.2 Å². The summed E-state index contributed by atoms with van der Waals surface area (Å²) in [7, 11) is 0. The van der Waals surface area contributed by atoms with Gasteiger partial charge in [-0.3, -0.25) is 4.79 Å². The first-order valence-corrected chi connectivity index (χ1v) is 13.6. The van der Waals surface area contributed by atoms with Gasteiger partial charge in [-0.15, -0.1) is 0 Å². The predicted molar refractivity (Wildman–Crippen MR) is 144 cm³/mol. The van der Waals surface area contributed by atoms with Gasteiger partial charge >= 0.3 is 0 Å². The van der Waals surface area contributed by atoms with Gasteiger partial charge in [-0.2, -0.15) is 4.98 Å². The van der Waals surface area contributed by atoms with Gasteiger partial charge in [-0.25, -0.2) is 18.7 Å². The van der Waals surface area contributed by atoms with Gasteiger partial charge in [-0.1, -0.05) is 25.1 Å². The van der Waals surface area contributed by atoms with Crippen LogP contribution in [0.3, 0.4) is 0 Å². The Balaban J connectivity index is 1.27. The maximum absolute atomic E-state index is 15.2. The molecule has 208 valence electrons. The van der Waals surface area contributed by atoms with Gasteiger partial charge in [0.2, 0.25) is 5.89 Å². The predicted octanol–water partition coefficient (Wildman–Crippen LogP) is 4.67. The normalized spacial score (nSPS) is 18.3. The third-order valence-corrected chi connectivity index (χ3v) is 7.75. The fraction of sp³-hybridized carbons (Fsp3) is 0.414. The second-order valence-electron chi connectivity index (χ2n) is 10.8. The molecule has 6 rings (SSSR count). The highest BCUT2D eigenvalue weighted by molar-refractivity contribution is 6.00. The summed E-state index contributed by atoms with van der Waals surface area (Å²) in [4.78, 5) is 29.8. The molecule has 0 bridgehead atoms. The van der Waals surface area contributed by atoms with E-state index in [0.29, 0.717) is 65.6 Å². The molecule has 0 aliphatic carbocycles. The number of nitrogens with zero attached hydrogens (tertiary/aromatic N) is 6. The lowest BCUT2D eigenvalue weighted by atomic mass is 9.95. The molecule has 2 fully saturated rings. The van der Waals surface area contributed by atoms with E-state index in [0.717, 1.165) is 12.8 Å². The molecule has 0 radical (unpaired) electrons. The van der Waals surface area contributed by atoms with Gasteiger partial charge in [-0.05, 0) is 49.1 Å². The number of piperidine rings is 1. The number of carbonyl (C=O) groups is 1. The van der Waals surface area contributed by atoms with E-state index in [4.69, 9.17) is 4.52 Å². The number of aromatic nitrogens is 4. The molecule has 2 aliphatic heterocycles. The van der Waals surface area contributed by atoms with Crippen LogP contribution in [-0.4, -0.2) is 68.3 Å². The number of β-amino-alcohol motifs (C(OH)–C–C–N with tert-alkyl or cyclic N) is 1. The van der Waals surface area contributed by atoms with Gasteiger partial charge in [0, 0.05) is 49.0 Å². The van der Waals surface area contributed by atoms with Crippen LogP contribution in [-0.2, 0) is 0 Å². The Kier molecular flexibility index (Phi) is 6.91. The van der Waals surface area contributed by atoms with Gasteiger partial charge < -0.3 is 19.4 Å². The standard InChI is InChI=1S/C29H30F2N6O3/c1-16(2)28-34-26(35-40-28)17-5-8-36(9-6-17)27-23-13-19(30)12-22(25(23)32-15-33-27)18-3-4-21(24(31)11-18)29(39)37-10-7-20(38)14-37/h3-4,11-13,15-17,20,38H,5-10,14H2,1-2H3. The lowest BCUT2D eigenvalue weighted by Crippen LogP contribution is -2.34. The first-order chi connectivity index (χ1) is 19.3. The van der Waals surface area contributed by atoms with E-state index in [1.54, 1.807) is 6.07 Å². The van der Waals surface area contributed by atoms with E-state index in [-0.39, 0.29) is 23.9 Å². The zero-order valence-electron chi connectivity index (χ0n) is 22.3. The lowest BCUT2D eigenvalue weighted by molar-refractivity contribution is 0.0760. The SMILES string of the molecule is CC(C)c1nc(C2CCN(c3ncnc4c(-c5ccc(C(=O)N6CCC(O)C6)c(F)c5)cc(F)cc34)CC2)no1. The zero-order valence-corrected chi connectivity index (χ0v) is 22.3. The van der Waals surface area contributed by atoms with Crippen molar-refractivity contribution in [1.29, 1.82) is 0 Å². The maximum atomic E-state index is 15.2. The second kappa shape index (κ2) is 10.5. The summed E-state index contributed by atoms with van der Waals surface area (Å²) in [6, 6.07) is 6.96. The lowest BCUT2D eigenvalue weighted by Gasteiger charge is -2.32. The average molecular weight is 549 g/mol. The molecule has 11 heteroatoms. The first-order valence-electron chi connectivity index (χ1n) is 13.6. The zero-order chi connectivity index (χ0) is 28.0.